The minimum atomic E-state index is 0.511. The van der Waals surface area contributed by atoms with Gasteiger partial charge < -0.3 is 0 Å². The Hall–Kier alpha value is -0.780. The zero-order valence-electron chi connectivity index (χ0n) is 9.96. The predicted octanol–water partition coefficient (Wildman–Crippen LogP) is 3.69. The number of benzene rings is 1. The second-order valence-corrected chi connectivity index (χ2v) is 6.40. The van der Waals surface area contributed by atoms with Crippen LogP contribution in [0.1, 0.15) is 31.9 Å². The molecule has 0 nitrogen and oxygen atoms in total. The van der Waals surface area contributed by atoms with Crippen molar-refractivity contribution in [1.29, 1.82) is 0 Å². The molecule has 3 rings (SSSR count). The van der Waals surface area contributed by atoms with E-state index >= 15 is 0 Å². The molecule has 0 aliphatic heterocycles. The maximum atomic E-state index is 2.40. The third-order valence-corrected chi connectivity index (χ3v) is 4.36. The summed E-state index contributed by atoms with van der Waals surface area (Å²) in [6.45, 7) is 7.21. The summed E-state index contributed by atoms with van der Waals surface area (Å²) in [5.41, 5.74) is 3.74. The van der Waals surface area contributed by atoms with Gasteiger partial charge >= 0.3 is 0 Å². The van der Waals surface area contributed by atoms with Crippen LogP contribution in [-0.2, 0) is 12.8 Å². The molecule has 0 heterocycles. The smallest absolute Gasteiger partial charge is 0.0242 e. The summed E-state index contributed by atoms with van der Waals surface area (Å²) in [5.74, 6) is 2.93. The first kappa shape index (κ1) is 9.45. The summed E-state index contributed by atoms with van der Waals surface area (Å²) >= 11 is 0. The van der Waals surface area contributed by atoms with Crippen LogP contribution in [0.5, 0.6) is 0 Å². The number of fused-ring (bicyclic) bond motifs is 2. The van der Waals surface area contributed by atoms with Crippen LogP contribution in [0, 0.1) is 23.2 Å². The molecular formula is C15H20. The van der Waals surface area contributed by atoms with Crippen molar-refractivity contribution >= 4 is 0 Å². The molecule has 0 spiro atoms. The normalized spacial score (nSPS) is 33.1. The minimum absolute atomic E-state index is 0.511. The molecule has 2 aliphatic carbocycles. The van der Waals surface area contributed by atoms with E-state index in [9.17, 15) is 0 Å². The molecule has 2 unspecified atom stereocenters. The van der Waals surface area contributed by atoms with Crippen molar-refractivity contribution in [3.63, 3.8) is 0 Å². The van der Waals surface area contributed by atoms with Crippen molar-refractivity contribution in [3.8, 4) is 0 Å². The fraction of sp³-hybridized carbons (Fsp3) is 0.600. The van der Waals surface area contributed by atoms with Gasteiger partial charge in [-0.25, -0.2) is 0 Å². The quantitative estimate of drug-likeness (QED) is 0.599. The van der Waals surface area contributed by atoms with Gasteiger partial charge in [0.2, 0.25) is 0 Å². The molecular weight excluding hydrogens is 180 g/mol. The third-order valence-electron chi connectivity index (χ3n) is 4.36. The standard InChI is InChI=1S/C15H20/c1-15(2,3)14-12-8-10-6-4-5-7-11(10)9-13(12)14/h4-7,12-14H,8-9H2,1-3H3. The molecule has 1 aromatic carbocycles. The highest BCUT2D eigenvalue weighted by molar-refractivity contribution is 5.34. The van der Waals surface area contributed by atoms with Crippen LogP contribution in [0.4, 0.5) is 0 Å². The van der Waals surface area contributed by atoms with E-state index < -0.39 is 0 Å². The second-order valence-electron chi connectivity index (χ2n) is 6.40. The fourth-order valence-corrected chi connectivity index (χ4v) is 3.75. The van der Waals surface area contributed by atoms with E-state index in [1.54, 1.807) is 11.1 Å². The van der Waals surface area contributed by atoms with E-state index in [1.807, 2.05) is 0 Å². The van der Waals surface area contributed by atoms with Gasteiger partial charge in [-0.2, -0.15) is 0 Å². The molecule has 0 amide bonds. The molecule has 0 heteroatoms. The monoisotopic (exact) mass is 200 g/mol. The molecule has 0 saturated heterocycles. The van der Waals surface area contributed by atoms with E-state index in [-0.39, 0.29) is 0 Å². The topological polar surface area (TPSA) is 0 Å². The summed E-state index contributed by atoms with van der Waals surface area (Å²) in [4.78, 5) is 0. The van der Waals surface area contributed by atoms with Crippen LogP contribution in [0.2, 0.25) is 0 Å². The summed E-state index contributed by atoms with van der Waals surface area (Å²) in [7, 11) is 0. The Morgan fingerprint density at radius 1 is 0.933 bits per heavy atom. The molecule has 1 saturated carbocycles. The fourth-order valence-electron chi connectivity index (χ4n) is 3.75. The largest absolute Gasteiger partial charge is 0.0620 e. The van der Waals surface area contributed by atoms with E-state index in [0.29, 0.717) is 5.41 Å². The van der Waals surface area contributed by atoms with E-state index in [4.69, 9.17) is 0 Å². The maximum absolute atomic E-state index is 2.40. The molecule has 2 aliphatic rings. The zero-order valence-corrected chi connectivity index (χ0v) is 9.96. The van der Waals surface area contributed by atoms with Gasteiger partial charge in [-0.3, -0.25) is 0 Å². The Bertz CT molecular complexity index is 352. The summed E-state index contributed by atoms with van der Waals surface area (Å²) in [5, 5.41) is 0. The molecule has 0 aromatic heterocycles. The van der Waals surface area contributed by atoms with Crippen molar-refractivity contribution in [3.05, 3.63) is 35.4 Å². The zero-order chi connectivity index (χ0) is 10.6. The van der Waals surface area contributed by atoms with E-state index in [2.05, 4.69) is 45.0 Å². The lowest BCUT2D eigenvalue weighted by atomic mass is 9.87. The predicted molar refractivity (Wildman–Crippen MR) is 63.8 cm³/mol. The SMILES string of the molecule is CC(C)(C)C1C2Cc3ccccc3CC21. The van der Waals surface area contributed by atoms with Crippen molar-refractivity contribution < 1.29 is 0 Å². The first-order valence-electron chi connectivity index (χ1n) is 6.14. The number of hydrogen-bond acceptors (Lipinski definition) is 0. The van der Waals surface area contributed by atoms with Crippen LogP contribution < -0.4 is 0 Å². The Morgan fingerprint density at radius 2 is 1.40 bits per heavy atom. The molecule has 2 atom stereocenters. The van der Waals surface area contributed by atoms with Gasteiger partial charge in [0.15, 0.2) is 0 Å². The van der Waals surface area contributed by atoms with E-state index in [1.165, 1.54) is 12.8 Å². The Balaban J connectivity index is 1.86. The number of rotatable bonds is 0. The lowest BCUT2D eigenvalue weighted by Gasteiger charge is -2.18. The van der Waals surface area contributed by atoms with Crippen molar-refractivity contribution in [2.45, 2.75) is 33.6 Å². The van der Waals surface area contributed by atoms with Crippen LogP contribution in [0.25, 0.3) is 0 Å². The highest BCUT2D eigenvalue weighted by Gasteiger charge is 2.56. The first-order valence-corrected chi connectivity index (χ1v) is 6.14. The molecule has 0 radical (unpaired) electrons. The second kappa shape index (κ2) is 2.87. The molecule has 1 fully saturated rings. The Morgan fingerprint density at radius 3 is 1.80 bits per heavy atom. The highest BCUT2D eigenvalue weighted by atomic mass is 14.6. The van der Waals surface area contributed by atoms with Gasteiger partial charge in [0.25, 0.3) is 0 Å². The third kappa shape index (κ3) is 1.42. The van der Waals surface area contributed by atoms with Gasteiger partial charge in [0.05, 0.1) is 0 Å². The molecule has 1 aromatic rings. The lowest BCUT2D eigenvalue weighted by molar-refractivity contribution is 0.318. The lowest BCUT2D eigenvalue weighted by Crippen LogP contribution is -2.10. The van der Waals surface area contributed by atoms with E-state index in [0.717, 1.165) is 17.8 Å². The highest BCUT2D eigenvalue weighted by Crippen LogP contribution is 2.60. The van der Waals surface area contributed by atoms with Gasteiger partial charge in [0.1, 0.15) is 0 Å². The van der Waals surface area contributed by atoms with Crippen LogP contribution in [0.15, 0.2) is 24.3 Å². The minimum Gasteiger partial charge on any atom is -0.0620 e. The summed E-state index contributed by atoms with van der Waals surface area (Å²) in [6, 6.07) is 9.02. The van der Waals surface area contributed by atoms with Crippen molar-refractivity contribution in [2.75, 3.05) is 0 Å². The van der Waals surface area contributed by atoms with Crippen LogP contribution in [0.3, 0.4) is 0 Å². The maximum Gasteiger partial charge on any atom is -0.0242 e. The Kier molecular flexibility index (Phi) is 1.81. The van der Waals surface area contributed by atoms with Gasteiger partial charge in [-0.05, 0) is 47.1 Å². The van der Waals surface area contributed by atoms with Gasteiger partial charge in [0, 0.05) is 0 Å². The summed E-state index contributed by atoms with van der Waals surface area (Å²) < 4.78 is 0. The number of hydrogen-bond donors (Lipinski definition) is 0. The average Bonchev–Trinajstić information content (AvgIpc) is 2.86. The molecule has 80 valence electrons. The Labute approximate surface area is 92.7 Å². The van der Waals surface area contributed by atoms with Gasteiger partial charge in [-0.1, -0.05) is 45.0 Å². The van der Waals surface area contributed by atoms with Gasteiger partial charge in [-0.15, -0.1) is 0 Å². The first-order chi connectivity index (χ1) is 7.07. The molecule has 15 heavy (non-hydrogen) atoms. The van der Waals surface area contributed by atoms with Crippen LogP contribution in [-0.4, -0.2) is 0 Å². The molecule has 0 bridgehead atoms. The van der Waals surface area contributed by atoms with Crippen molar-refractivity contribution in [1.82, 2.24) is 0 Å². The average molecular weight is 200 g/mol. The summed E-state index contributed by atoms with van der Waals surface area (Å²) in [6.07, 6.45) is 2.67. The van der Waals surface area contributed by atoms with Crippen molar-refractivity contribution in [2.24, 2.45) is 23.2 Å². The van der Waals surface area contributed by atoms with Crippen LogP contribution >= 0.6 is 0 Å². The molecule has 0 N–H and O–H groups in total.